The molecule has 2 unspecified atom stereocenters. The maximum Gasteiger partial charge on any atom is 0.133 e. The minimum absolute atomic E-state index is 0.700. The lowest BCUT2D eigenvalue weighted by Crippen LogP contribution is -2.46. The molecule has 4 heteroatoms. The van der Waals surface area contributed by atoms with E-state index >= 15 is 0 Å². The molecule has 1 N–H and O–H groups in total. The largest absolute Gasteiger partial charge is 0.361 e. The summed E-state index contributed by atoms with van der Waals surface area (Å²) in [6.07, 6.45) is 5.28. The third-order valence-corrected chi connectivity index (χ3v) is 4.16. The first kappa shape index (κ1) is 11.2. The molecule has 2 aliphatic heterocycles. The Balaban J connectivity index is 1.60. The number of nitrogens with one attached hydrogen (secondary N) is 1. The molecule has 0 saturated carbocycles. The van der Waals surface area contributed by atoms with Gasteiger partial charge in [-0.3, -0.25) is 4.90 Å². The highest BCUT2D eigenvalue weighted by Crippen LogP contribution is 2.29. The van der Waals surface area contributed by atoms with Crippen molar-refractivity contribution in [2.45, 2.75) is 57.3 Å². The smallest absolute Gasteiger partial charge is 0.133 e. The normalized spacial score (nSPS) is 32.3. The van der Waals surface area contributed by atoms with Crippen LogP contribution >= 0.6 is 0 Å². The van der Waals surface area contributed by atoms with Gasteiger partial charge >= 0.3 is 0 Å². The van der Waals surface area contributed by atoms with Gasteiger partial charge in [0.05, 0.1) is 5.69 Å². The maximum absolute atomic E-state index is 5.12. The molecule has 0 radical (unpaired) electrons. The molecule has 0 aromatic carbocycles. The number of nitrogens with zero attached hydrogens (tertiary/aromatic N) is 2. The van der Waals surface area contributed by atoms with E-state index in [1.807, 2.05) is 13.0 Å². The molecular formula is C13H21N3O. The van der Waals surface area contributed by atoms with Crippen LogP contribution in [0.1, 0.15) is 37.1 Å². The second kappa shape index (κ2) is 4.42. The molecule has 2 atom stereocenters. The number of rotatable bonds is 3. The minimum atomic E-state index is 0.700. The summed E-state index contributed by atoms with van der Waals surface area (Å²) < 4.78 is 5.12. The average Bonchev–Trinajstić information content (AvgIpc) is 2.85. The summed E-state index contributed by atoms with van der Waals surface area (Å²) in [6.45, 7) is 2.85. The van der Waals surface area contributed by atoms with Crippen LogP contribution in [-0.2, 0) is 6.54 Å². The second-order valence-corrected chi connectivity index (χ2v) is 5.61. The van der Waals surface area contributed by atoms with Gasteiger partial charge in [0.25, 0.3) is 0 Å². The molecule has 1 aromatic heterocycles. The number of piperidine rings is 1. The SMILES string of the molecule is Cc1cc(CN(C)C2CC3CCC(C2)N3)no1. The highest BCUT2D eigenvalue weighted by Gasteiger charge is 2.35. The summed E-state index contributed by atoms with van der Waals surface area (Å²) in [5.74, 6) is 0.902. The van der Waals surface area contributed by atoms with E-state index in [-0.39, 0.29) is 0 Å². The quantitative estimate of drug-likeness (QED) is 0.865. The van der Waals surface area contributed by atoms with E-state index < -0.39 is 0 Å². The van der Waals surface area contributed by atoms with Gasteiger partial charge in [-0.05, 0) is 39.7 Å². The Hall–Kier alpha value is -0.870. The fourth-order valence-electron chi connectivity index (χ4n) is 3.26. The van der Waals surface area contributed by atoms with E-state index in [0.717, 1.165) is 30.1 Å². The topological polar surface area (TPSA) is 41.3 Å². The Morgan fingerprint density at radius 1 is 1.41 bits per heavy atom. The van der Waals surface area contributed by atoms with Gasteiger partial charge in [0.1, 0.15) is 5.76 Å². The summed E-state index contributed by atoms with van der Waals surface area (Å²) in [6, 6.07) is 4.23. The van der Waals surface area contributed by atoms with Crippen LogP contribution in [0.25, 0.3) is 0 Å². The van der Waals surface area contributed by atoms with Crippen LogP contribution in [0.2, 0.25) is 0 Å². The molecule has 3 rings (SSSR count). The zero-order chi connectivity index (χ0) is 11.8. The van der Waals surface area contributed by atoms with E-state index in [1.165, 1.54) is 25.7 Å². The highest BCUT2D eigenvalue weighted by molar-refractivity contribution is 5.04. The van der Waals surface area contributed by atoms with Gasteiger partial charge < -0.3 is 9.84 Å². The van der Waals surface area contributed by atoms with Gasteiger partial charge in [0.15, 0.2) is 0 Å². The summed E-state index contributed by atoms with van der Waals surface area (Å²) in [4.78, 5) is 2.43. The molecule has 0 spiro atoms. The lowest BCUT2D eigenvalue weighted by atomic mass is 9.98. The van der Waals surface area contributed by atoms with Gasteiger partial charge in [0.2, 0.25) is 0 Å². The van der Waals surface area contributed by atoms with Crippen molar-refractivity contribution in [2.75, 3.05) is 7.05 Å². The first-order valence-corrected chi connectivity index (χ1v) is 6.59. The van der Waals surface area contributed by atoms with E-state index in [4.69, 9.17) is 4.52 Å². The molecule has 17 heavy (non-hydrogen) atoms. The van der Waals surface area contributed by atoms with E-state index in [1.54, 1.807) is 0 Å². The Kier molecular flexibility index (Phi) is 2.92. The van der Waals surface area contributed by atoms with Crippen molar-refractivity contribution in [3.63, 3.8) is 0 Å². The Morgan fingerprint density at radius 3 is 2.71 bits per heavy atom. The van der Waals surface area contributed by atoms with Gasteiger partial charge in [0, 0.05) is 30.7 Å². The number of aromatic nitrogens is 1. The van der Waals surface area contributed by atoms with Crippen LogP contribution in [0, 0.1) is 6.92 Å². The monoisotopic (exact) mass is 235 g/mol. The molecule has 2 saturated heterocycles. The molecule has 3 heterocycles. The van der Waals surface area contributed by atoms with E-state index in [0.29, 0.717) is 6.04 Å². The molecule has 94 valence electrons. The van der Waals surface area contributed by atoms with Crippen molar-refractivity contribution < 1.29 is 4.52 Å². The van der Waals surface area contributed by atoms with Gasteiger partial charge in [-0.25, -0.2) is 0 Å². The van der Waals surface area contributed by atoms with Crippen LogP contribution in [0.4, 0.5) is 0 Å². The lowest BCUT2D eigenvalue weighted by molar-refractivity contribution is 0.162. The molecule has 2 fully saturated rings. The lowest BCUT2D eigenvalue weighted by Gasteiger charge is -2.35. The summed E-state index contributed by atoms with van der Waals surface area (Å²) in [7, 11) is 2.21. The standard InChI is InChI=1S/C13H21N3O/c1-9-5-12(15-17-9)8-16(2)13-6-10-3-4-11(7-13)14-10/h5,10-11,13-14H,3-4,6-8H2,1-2H3. The van der Waals surface area contributed by atoms with Crippen LogP contribution in [0.15, 0.2) is 10.6 Å². The number of aryl methyl sites for hydroxylation is 1. The molecule has 2 bridgehead atoms. The Morgan fingerprint density at radius 2 is 2.12 bits per heavy atom. The summed E-state index contributed by atoms with van der Waals surface area (Å²) in [5, 5.41) is 7.75. The highest BCUT2D eigenvalue weighted by atomic mass is 16.5. The molecule has 0 aliphatic carbocycles. The summed E-state index contributed by atoms with van der Waals surface area (Å²) >= 11 is 0. The van der Waals surface area contributed by atoms with Crippen molar-refractivity contribution in [1.29, 1.82) is 0 Å². The molecule has 0 amide bonds. The predicted molar refractivity (Wildman–Crippen MR) is 65.7 cm³/mol. The average molecular weight is 235 g/mol. The summed E-state index contributed by atoms with van der Waals surface area (Å²) in [5.41, 5.74) is 1.05. The zero-order valence-corrected chi connectivity index (χ0v) is 10.6. The van der Waals surface area contributed by atoms with Crippen molar-refractivity contribution in [2.24, 2.45) is 0 Å². The third kappa shape index (κ3) is 2.38. The number of hydrogen-bond donors (Lipinski definition) is 1. The van der Waals surface area contributed by atoms with E-state index in [2.05, 4.69) is 22.4 Å². The van der Waals surface area contributed by atoms with Crippen LogP contribution in [-0.4, -0.2) is 35.2 Å². The number of hydrogen-bond acceptors (Lipinski definition) is 4. The first-order valence-electron chi connectivity index (χ1n) is 6.59. The van der Waals surface area contributed by atoms with Gasteiger partial charge in [-0.15, -0.1) is 0 Å². The molecule has 4 nitrogen and oxygen atoms in total. The van der Waals surface area contributed by atoms with Crippen LogP contribution in [0.3, 0.4) is 0 Å². The van der Waals surface area contributed by atoms with Crippen molar-refractivity contribution in [1.82, 2.24) is 15.4 Å². The predicted octanol–water partition coefficient (Wildman–Crippen LogP) is 1.70. The fourth-order valence-corrected chi connectivity index (χ4v) is 3.26. The van der Waals surface area contributed by atoms with Crippen molar-refractivity contribution >= 4 is 0 Å². The van der Waals surface area contributed by atoms with Gasteiger partial charge in [-0.2, -0.15) is 0 Å². The maximum atomic E-state index is 5.12. The van der Waals surface area contributed by atoms with Crippen molar-refractivity contribution in [3.8, 4) is 0 Å². The van der Waals surface area contributed by atoms with Crippen LogP contribution < -0.4 is 5.32 Å². The van der Waals surface area contributed by atoms with Crippen molar-refractivity contribution in [3.05, 3.63) is 17.5 Å². The molecule has 2 aliphatic rings. The second-order valence-electron chi connectivity index (χ2n) is 5.61. The molecule has 1 aromatic rings. The Bertz CT molecular complexity index is 378. The zero-order valence-electron chi connectivity index (χ0n) is 10.6. The van der Waals surface area contributed by atoms with Crippen LogP contribution in [0.5, 0.6) is 0 Å². The Labute approximate surface area is 102 Å². The van der Waals surface area contributed by atoms with E-state index in [9.17, 15) is 0 Å². The number of fused-ring (bicyclic) bond motifs is 2. The fraction of sp³-hybridized carbons (Fsp3) is 0.769. The third-order valence-electron chi connectivity index (χ3n) is 4.16. The molecular weight excluding hydrogens is 214 g/mol. The first-order chi connectivity index (χ1) is 8.20. The van der Waals surface area contributed by atoms with Gasteiger partial charge in [-0.1, -0.05) is 5.16 Å². The minimum Gasteiger partial charge on any atom is -0.361 e.